The van der Waals surface area contributed by atoms with E-state index in [9.17, 15) is 53.4 Å². The number of fused-ring (bicyclic) bond motifs is 5. The first-order valence-corrected chi connectivity index (χ1v) is 21.5. The summed E-state index contributed by atoms with van der Waals surface area (Å²) in [5.74, 6) is -6.00. The minimum atomic E-state index is -2.06. The molecule has 0 saturated heterocycles. The molecule has 7 rings (SSSR count). The highest BCUT2D eigenvalue weighted by molar-refractivity contribution is 6.12. The Bertz CT molecular complexity index is 2780. The fraction of sp³-hybridized carbons (Fsp3) is 0.348. The summed E-state index contributed by atoms with van der Waals surface area (Å²) in [4.78, 5) is 119. The lowest BCUT2D eigenvalue weighted by atomic mass is 9.86. The Balaban J connectivity index is 0.937. The maximum Gasteiger partial charge on any atom is 0.343 e. The summed E-state index contributed by atoms with van der Waals surface area (Å²) < 4.78 is 22.1. The van der Waals surface area contributed by atoms with E-state index in [0.29, 0.717) is 30.4 Å². The first kappa shape index (κ1) is 47.3. The van der Waals surface area contributed by atoms with Gasteiger partial charge in [0, 0.05) is 54.1 Å². The van der Waals surface area contributed by atoms with Crippen molar-refractivity contribution in [3.8, 4) is 11.4 Å². The number of cyclic esters (lactones) is 1. The van der Waals surface area contributed by atoms with Gasteiger partial charge in [0.1, 0.15) is 18.5 Å². The molecule has 0 spiro atoms. The number of amides is 7. The van der Waals surface area contributed by atoms with Crippen LogP contribution in [0.15, 0.2) is 65.5 Å². The van der Waals surface area contributed by atoms with Crippen molar-refractivity contribution in [3.05, 3.63) is 105 Å². The second-order valence-electron chi connectivity index (χ2n) is 16.1. The van der Waals surface area contributed by atoms with Crippen LogP contribution in [0.3, 0.4) is 0 Å². The Morgan fingerprint density at radius 1 is 0.866 bits per heavy atom. The maximum atomic E-state index is 15.7. The summed E-state index contributed by atoms with van der Waals surface area (Å²) >= 11 is 0. The van der Waals surface area contributed by atoms with Crippen molar-refractivity contribution in [2.24, 2.45) is 0 Å². The fourth-order valence-corrected chi connectivity index (χ4v) is 8.14. The maximum absolute atomic E-state index is 15.7. The molecular formula is C46H47FN8O12. The number of nitrogens with one attached hydrogen (secondary N) is 5. The predicted octanol–water partition coefficient (Wildman–Crippen LogP) is 0.211. The van der Waals surface area contributed by atoms with Crippen molar-refractivity contribution in [2.45, 2.75) is 76.9 Å². The average Bonchev–Trinajstić information content (AvgIpc) is 3.85. The van der Waals surface area contributed by atoms with Gasteiger partial charge in [-0.05, 0) is 42.5 Å². The minimum Gasteiger partial charge on any atom is -0.458 e. The lowest BCUT2D eigenvalue weighted by Crippen LogP contribution is -2.52. The van der Waals surface area contributed by atoms with Crippen LogP contribution >= 0.6 is 0 Å². The molecule has 0 fully saturated rings. The molecule has 0 radical (unpaired) electrons. The predicted molar refractivity (Wildman–Crippen MR) is 234 cm³/mol. The number of anilines is 1. The second-order valence-corrected chi connectivity index (χ2v) is 16.1. The largest absolute Gasteiger partial charge is 0.458 e. The smallest absolute Gasteiger partial charge is 0.343 e. The number of pyridine rings is 2. The first-order chi connectivity index (χ1) is 32.1. The van der Waals surface area contributed by atoms with Gasteiger partial charge >= 0.3 is 5.97 Å². The van der Waals surface area contributed by atoms with Crippen molar-refractivity contribution in [3.63, 3.8) is 0 Å². The van der Waals surface area contributed by atoms with Gasteiger partial charge in [-0.3, -0.25) is 43.3 Å². The highest BCUT2D eigenvalue weighted by atomic mass is 19.1. The van der Waals surface area contributed by atoms with Crippen LogP contribution < -0.4 is 32.1 Å². The van der Waals surface area contributed by atoms with E-state index in [1.165, 1.54) is 28.9 Å². The van der Waals surface area contributed by atoms with Crippen LogP contribution in [-0.4, -0.2) is 104 Å². The first-order valence-electron chi connectivity index (χ1n) is 21.5. The van der Waals surface area contributed by atoms with Crippen molar-refractivity contribution < 1.29 is 57.7 Å². The number of unbranched alkanes of at least 4 members (excludes halogenated alkanes) is 2. The number of imide groups is 1. The number of halogens is 1. The molecule has 0 saturated carbocycles. The molecule has 7 amide bonds. The number of hydrogen-bond donors (Lipinski definition) is 7. The summed E-state index contributed by atoms with van der Waals surface area (Å²) in [5.41, 5.74) is -0.754. The quantitative estimate of drug-likeness (QED) is 0.0332. The van der Waals surface area contributed by atoms with E-state index in [0.717, 1.165) is 11.0 Å². The van der Waals surface area contributed by atoms with Crippen molar-refractivity contribution in [2.75, 3.05) is 31.5 Å². The summed E-state index contributed by atoms with van der Waals surface area (Å²) in [5, 5.41) is 34.2. The molecule has 67 heavy (non-hydrogen) atoms. The van der Waals surface area contributed by atoms with Crippen LogP contribution in [0.4, 0.5) is 10.1 Å². The highest BCUT2D eigenvalue weighted by Gasteiger charge is 2.45. The molecule has 3 aliphatic heterocycles. The van der Waals surface area contributed by atoms with Gasteiger partial charge in [-0.15, -0.1) is 0 Å². The van der Waals surface area contributed by atoms with Gasteiger partial charge < -0.3 is 46.1 Å². The number of esters is 1. The van der Waals surface area contributed by atoms with E-state index in [4.69, 9.17) is 4.74 Å². The average molecular weight is 923 g/mol. The lowest BCUT2D eigenvalue weighted by molar-refractivity contribution is -0.172. The molecule has 3 aliphatic rings. The number of aliphatic hydroxyl groups is 2. The van der Waals surface area contributed by atoms with E-state index in [1.54, 1.807) is 37.3 Å². The molecule has 0 bridgehead atoms. The number of rotatable bonds is 19. The molecule has 7 N–H and O–H groups in total. The molecular weight excluding hydrogens is 876 g/mol. The minimum absolute atomic E-state index is 0.00384. The molecule has 350 valence electrons. The van der Waals surface area contributed by atoms with E-state index >= 15 is 4.39 Å². The Morgan fingerprint density at radius 3 is 2.28 bits per heavy atom. The SMILES string of the molecule is CC[C@]1(O)C(=O)OCc2c1cc1n(c2=O)Cc2c-1nc1cc(F)c(NC(=O)CNC(=O)[C@H](Cc3ccccc3)NC(=O)CNC(=O)CNC(=O)CCCCCN3C(=O)C=CC3=O)cc1c2CO. The Morgan fingerprint density at radius 2 is 1.57 bits per heavy atom. The molecule has 20 nitrogen and oxygen atoms in total. The van der Waals surface area contributed by atoms with E-state index in [-0.39, 0.29) is 95.4 Å². The molecule has 2 atom stereocenters. The van der Waals surface area contributed by atoms with Crippen molar-refractivity contribution in [1.82, 2.24) is 35.7 Å². The summed E-state index contributed by atoms with van der Waals surface area (Å²) in [7, 11) is 0. The zero-order chi connectivity index (χ0) is 48.0. The number of benzene rings is 2. The van der Waals surface area contributed by atoms with Crippen molar-refractivity contribution >= 4 is 63.9 Å². The van der Waals surface area contributed by atoms with Gasteiger partial charge in [0.2, 0.25) is 29.5 Å². The Labute approximate surface area is 380 Å². The zero-order valence-electron chi connectivity index (χ0n) is 36.2. The topological polar surface area (TPSA) is 285 Å². The van der Waals surface area contributed by atoms with Crippen LogP contribution in [0.5, 0.6) is 0 Å². The van der Waals surface area contributed by atoms with Gasteiger partial charge in [0.15, 0.2) is 5.60 Å². The van der Waals surface area contributed by atoms with Gasteiger partial charge in [0.05, 0.1) is 60.9 Å². The van der Waals surface area contributed by atoms with Gasteiger partial charge in [-0.25, -0.2) is 14.2 Å². The number of carbonyl (C=O) groups is 8. The van der Waals surface area contributed by atoms with Crippen LogP contribution in [0.2, 0.25) is 0 Å². The second kappa shape index (κ2) is 20.3. The summed E-state index contributed by atoms with van der Waals surface area (Å²) in [6, 6.07) is 11.2. The molecule has 0 unspecified atom stereocenters. The Hall–Kier alpha value is -7.65. The Kier molecular flexibility index (Phi) is 14.3. The summed E-state index contributed by atoms with van der Waals surface area (Å²) in [6.07, 6.45) is 3.96. The molecule has 2 aromatic carbocycles. The van der Waals surface area contributed by atoms with E-state index < -0.39 is 84.8 Å². The third-order valence-corrected chi connectivity index (χ3v) is 11.8. The van der Waals surface area contributed by atoms with Gasteiger partial charge in [0.25, 0.3) is 17.4 Å². The van der Waals surface area contributed by atoms with Crippen LogP contribution in [0.25, 0.3) is 22.3 Å². The highest BCUT2D eigenvalue weighted by Crippen LogP contribution is 2.41. The number of aromatic nitrogens is 2. The number of nitrogens with zero attached hydrogens (tertiary/aromatic N) is 3. The third kappa shape index (κ3) is 10.3. The van der Waals surface area contributed by atoms with Crippen LogP contribution in [-0.2, 0) is 74.9 Å². The molecule has 0 aliphatic carbocycles. The fourth-order valence-electron chi connectivity index (χ4n) is 8.14. The zero-order valence-corrected chi connectivity index (χ0v) is 36.2. The van der Waals surface area contributed by atoms with Gasteiger partial charge in [-0.1, -0.05) is 43.7 Å². The van der Waals surface area contributed by atoms with Crippen molar-refractivity contribution in [1.29, 1.82) is 0 Å². The van der Waals surface area contributed by atoms with E-state index in [2.05, 4.69) is 31.6 Å². The normalized spacial score (nSPS) is 16.2. The number of ether oxygens (including phenoxy) is 1. The van der Waals surface area contributed by atoms with Crippen LogP contribution in [0, 0.1) is 5.82 Å². The molecule has 21 heteroatoms. The lowest BCUT2D eigenvalue weighted by Gasteiger charge is -2.31. The number of carbonyl (C=O) groups excluding carboxylic acids is 8. The van der Waals surface area contributed by atoms with E-state index in [1.807, 2.05) is 0 Å². The molecule has 5 heterocycles. The van der Waals surface area contributed by atoms with Crippen LogP contribution in [0.1, 0.15) is 66.8 Å². The summed E-state index contributed by atoms with van der Waals surface area (Å²) in [6.45, 7) is -0.752. The third-order valence-electron chi connectivity index (χ3n) is 11.8. The van der Waals surface area contributed by atoms with Gasteiger partial charge in [-0.2, -0.15) is 0 Å². The number of hydrogen-bond acceptors (Lipinski definition) is 13. The molecule has 2 aromatic heterocycles. The molecule has 4 aromatic rings. The standard InChI is InChI=1S/C46H47FN8O12/c1-2-46(66)30-17-35-42-27(22-55(35)44(64)29(30)24-67-45(46)65)28(23-56)26-16-33(31(47)18-32(26)53-42)51-39(60)21-50-43(63)34(15-25-9-5-3-6-10-25)52-38(59)20-49-37(58)19-48-36(57)11-7-4-8-14-54-40(61)12-13-41(54)62/h3,5-6,9-10,12-13,16-18,34,56,66H,2,4,7-8,11,14-15,19-24H2,1H3,(H,48,57)(H,49,58)(H,50,63)(H,51,60)(H,52,59)/t34-,46+/m0/s1. The number of aliphatic hydroxyl groups excluding tert-OH is 1. The monoisotopic (exact) mass is 922 g/mol.